The van der Waals surface area contributed by atoms with E-state index in [1.165, 1.54) is 4.90 Å². The predicted octanol–water partition coefficient (Wildman–Crippen LogP) is 1.74. The van der Waals surface area contributed by atoms with E-state index < -0.39 is 0 Å². The Morgan fingerprint density at radius 3 is 2.46 bits per heavy atom. The number of rotatable bonds is 6. The van der Waals surface area contributed by atoms with Crippen molar-refractivity contribution >= 4 is 23.5 Å². The molecule has 1 fully saturated rings. The Morgan fingerprint density at radius 1 is 1.25 bits per heavy atom. The van der Waals surface area contributed by atoms with Crippen molar-refractivity contribution < 1.29 is 14.3 Å². The van der Waals surface area contributed by atoms with Crippen LogP contribution in [0.1, 0.15) is 33.1 Å². The average Bonchev–Trinajstić information content (AvgIpc) is 2.52. The van der Waals surface area contributed by atoms with Crippen LogP contribution < -0.4 is 15.8 Å². The Hall–Kier alpha value is -2.57. The first-order chi connectivity index (χ1) is 11.5. The average molecular weight is 332 g/mol. The third-order valence-corrected chi connectivity index (χ3v) is 3.49. The van der Waals surface area contributed by atoms with Gasteiger partial charge in [0.1, 0.15) is 5.75 Å². The maximum Gasteiger partial charge on any atom is 0.229 e. The third kappa shape index (κ3) is 5.26. The Bertz CT molecular complexity index is 595. The van der Waals surface area contributed by atoms with Gasteiger partial charge in [-0.3, -0.25) is 19.5 Å². The van der Waals surface area contributed by atoms with E-state index in [0.29, 0.717) is 19.3 Å². The lowest BCUT2D eigenvalue weighted by Gasteiger charge is -2.23. The zero-order chi connectivity index (χ0) is 17.5. The van der Waals surface area contributed by atoms with Crippen molar-refractivity contribution in [3.8, 4) is 5.75 Å². The number of aliphatic imine (C=N–C) groups is 1. The second-order valence-electron chi connectivity index (χ2n) is 5.88. The molecule has 7 nitrogen and oxygen atoms in total. The number of nitrogens with zero attached hydrogens (tertiary/aromatic N) is 2. The summed E-state index contributed by atoms with van der Waals surface area (Å²) in [5.41, 5.74) is 6.62. The molecule has 0 radical (unpaired) electrons. The van der Waals surface area contributed by atoms with E-state index in [1.54, 1.807) is 0 Å². The molecule has 1 aromatic carbocycles. The van der Waals surface area contributed by atoms with Gasteiger partial charge in [-0.2, -0.15) is 0 Å². The number of hydrogen-bond donors (Lipinski definition) is 2. The molecule has 24 heavy (non-hydrogen) atoms. The highest BCUT2D eigenvalue weighted by Gasteiger charge is 2.24. The van der Waals surface area contributed by atoms with Crippen molar-refractivity contribution in [3.05, 3.63) is 24.3 Å². The molecule has 1 aromatic rings. The summed E-state index contributed by atoms with van der Waals surface area (Å²) in [4.78, 5) is 28.8. The van der Waals surface area contributed by atoms with Crippen LogP contribution in [0.25, 0.3) is 0 Å². The summed E-state index contributed by atoms with van der Waals surface area (Å²) in [6.45, 7) is 4.48. The van der Waals surface area contributed by atoms with Crippen LogP contribution in [0.5, 0.6) is 5.75 Å². The zero-order valence-electron chi connectivity index (χ0n) is 14.1. The number of anilines is 1. The molecule has 0 spiro atoms. The molecule has 0 atom stereocenters. The topological polar surface area (TPSA) is 97.0 Å². The predicted molar refractivity (Wildman–Crippen MR) is 92.9 cm³/mol. The van der Waals surface area contributed by atoms with E-state index in [-0.39, 0.29) is 37.0 Å². The fraction of sp³-hybridized carbons (Fsp3) is 0.471. The summed E-state index contributed by atoms with van der Waals surface area (Å²) in [7, 11) is 0. The first-order valence-electron chi connectivity index (χ1n) is 8.12. The monoisotopic (exact) mass is 332 g/mol. The second kappa shape index (κ2) is 8.33. The number of likely N-dealkylation sites (tertiary alicyclic amines) is 1. The normalized spacial score (nSPS) is 15.8. The number of nitrogens with two attached hydrogens (primary N) is 1. The van der Waals surface area contributed by atoms with Gasteiger partial charge in [-0.1, -0.05) is 0 Å². The van der Waals surface area contributed by atoms with E-state index in [0.717, 1.165) is 11.4 Å². The molecule has 130 valence electrons. The van der Waals surface area contributed by atoms with Crippen LogP contribution in [0.4, 0.5) is 5.69 Å². The lowest BCUT2D eigenvalue weighted by molar-refractivity contribution is -0.147. The highest BCUT2D eigenvalue weighted by molar-refractivity contribution is 5.97. The largest absolute Gasteiger partial charge is 0.491 e. The standard InChI is InChI=1S/C17H24N4O3/c1-12(2)24-14-8-6-13(7-9-14)20-17(18)19-10-11-21-15(22)4-3-5-16(21)23/h6-9,12H,3-5,10-11H2,1-2H3,(H3,18,19,20). The van der Waals surface area contributed by atoms with Gasteiger partial charge in [0.25, 0.3) is 0 Å². The van der Waals surface area contributed by atoms with Gasteiger partial charge < -0.3 is 15.8 Å². The van der Waals surface area contributed by atoms with Gasteiger partial charge in [0.15, 0.2) is 5.96 Å². The number of imide groups is 1. The van der Waals surface area contributed by atoms with E-state index in [9.17, 15) is 9.59 Å². The molecule has 1 aliphatic rings. The third-order valence-electron chi connectivity index (χ3n) is 3.49. The number of carbonyl (C=O) groups is 2. The summed E-state index contributed by atoms with van der Waals surface area (Å²) in [5.74, 6) is 0.764. The van der Waals surface area contributed by atoms with Crippen molar-refractivity contribution in [2.45, 2.75) is 39.2 Å². The molecular formula is C17H24N4O3. The summed E-state index contributed by atoms with van der Waals surface area (Å²) in [5, 5.41) is 2.97. The minimum absolute atomic E-state index is 0.121. The molecule has 0 aromatic heterocycles. The van der Waals surface area contributed by atoms with Gasteiger partial charge in [0, 0.05) is 25.1 Å². The van der Waals surface area contributed by atoms with Crippen LogP contribution in [0.2, 0.25) is 0 Å². The van der Waals surface area contributed by atoms with Gasteiger partial charge >= 0.3 is 0 Å². The van der Waals surface area contributed by atoms with Crippen molar-refractivity contribution in [3.63, 3.8) is 0 Å². The van der Waals surface area contributed by atoms with Crippen molar-refractivity contribution in [1.29, 1.82) is 0 Å². The molecule has 0 unspecified atom stereocenters. The first-order valence-corrected chi connectivity index (χ1v) is 8.12. The molecule has 2 rings (SSSR count). The highest BCUT2D eigenvalue weighted by Crippen LogP contribution is 2.16. The molecule has 2 amide bonds. The Labute approximate surface area is 141 Å². The minimum atomic E-state index is -0.131. The maximum absolute atomic E-state index is 11.7. The van der Waals surface area contributed by atoms with Crippen LogP contribution in [-0.4, -0.2) is 41.9 Å². The van der Waals surface area contributed by atoms with Gasteiger partial charge in [-0.15, -0.1) is 0 Å². The van der Waals surface area contributed by atoms with Crippen molar-refractivity contribution in [2.75, 3.05) is 18.4 Å². The van der Waals surface area contributed by atoms with Crippen LogP contribution in [0, 0.1) is 0 Å². The van der Waals surface area contributed by atoms with Crippen LogP contribution in [0.15, 0.2) is 29.3 Å². The van der Waals surface area contributed by atoms with Gasteiger partial charge in [-0.25, -0.2) is 0 Å². The highest BCUT2D eigenvalue weighted by atomic mass is 16.5. The summed E-state index contributed by atoms with van der Waals surface area (Å²) in [6.07, 6.45) is 1.61. The maximum atomic E-state index is 11.7. The molecular weight excluding hydrogens is 308 g/mol. The lowest BCUT2D eigenvalue weighted by atomic mass is 10.1. The quantitative estimate of drug-likeness (QED) is 0.470. The fourth-order valence-electron chi connectivity index (χ4n) is 2.40. The summed E-state index contributed by atoms with van der Waals surface area (Å²) in [6, 6.07) is 7.39. The molecule has 0 aliphatic carbocycles. The number of benzene rings is 1. The molecule has 7 heteroatoms. The van der Waals surface area contributed by atoms with E-state index in [2.05, 4.69) is 10.3 Å². The van der Waals surface area contributed by atoms with Crippen LogP contribution in [0.3, 0.4) is 0 Å². The van der Waals surface area contributed by atoms with Crippen molar-refractivity contribution in [2.24, 2.45) is 10.7 Å². The molecule has 1 saturated heterocycles. The number of piperidine rings is 1. The van der Waals surface area contributed by atoms with Gasteiger partial charge in [0.05, 0.1) is 12.6 Å². The summed E-state index contributed by atoms with van der Waals surface area (Å²) >= 11 is 0. The Morgan fingerprint density at radius 2 is 1.88 bits per heavy atom. The van der Waals surface area contributed by atoms with Gasteiger partial charge in [0.2, 0.25) is 11.8 Å². The zero-order valence-corrected chi connectivity index (χ0v) is 14.1. The van der Waals surface area contributed by atoms with Gasteiger partial charge in [-0.05, 0) is 44.5 Å². The number of amides is 2. The number of carbonyl (C=O) groups excluding carboxylic acids is 2. The molecule has 3 N–H and O–H groups in total. The van der Waals surface area contributed by atoms with E-state index in [4.69, 9.17) is 10.5 Å². The van der Waals surface area contributed by atoms with E-state index in [1.807, 2.05) is 38.1 Å². The Balaban J connectivity index is 1.83. The molecule has 0 saturated carbocycles. The lowest BCUT2D eigenvalue weighted by Crippen LogP contribution is -2.41. The first kappa shape index (κ1) is 17.8. The smallest absolute Gasteiger partial charge is 0.229 e. The fourth-order valence-corrected chi connectivity index (χ4v) is 2.40. The Kier molecular flexibility index (Phi) is 6.17. The number of hydrogen-bond acceptors (Lipinski definition) is 4. The van der Waals surface area contributed by atoms with E-state index >= 15 is 0 Å². The molecule has 1 aliphatic heterocycles. The summed E-state index contributed by atoms with van der Waals surface area (Å²) < 4.78 is 5.57. The number of guanidine groups is 1. The SMILES string of the molecule is CC(C)Oc1ccc(NC(N)=NCCN2C(=O)CCCC2=O)cc1. The minimum Gasteiger partial charge on any atom is -0.491 e. The molecule has 0 bridgehead atoms. The molecule has 1 heterocycles. The van der Waals surface area contributed by atoms with Crippen LogP contribution in [-0.2, 0) is 9.59 Å². The van der Waals surface area contributed by atoms with Crippen LogP contribution >= 0.6 is 0 Å². The van der Waals surface area contributed by atoms with Crippen molar-refractivity contribution in [1.82, 2.24) is 4.90 Å². The second-order valence-corrected chi connectivity index (χ2v) is 5.88. The number of ether oxygens (including phenoxy) is 1. The number of nitrogens with one attached hydrogen (secondary N) is 1.